The van der Waals surface area contributed by atoms with Gasteiger partial charge in [0.2, 0.25) is 5.91 Å². The van der Waals surface area contributed by atoms with Crippen molar-refractivity contribution in [3.8, 4) is 11.3 Å². The van der Waals surface area contributed by atoms with E-state index in [0.29, 0.717) is 22.1 Å². The molecule has 4 aromatic rings. The number of aromatic nitrogens is 2. The predicted molar refractivity (Wildman–Crippen MR) is 111 cm³/mol. The topological polar surface area (TPSA) is 68.3 Å². The highest BCUT2D eigenvalue weighted by Gasteiger charge is 2.18. The van der Waals surface area contributed by atoms with Gasteiger partial charge in [-0.05, 0) is 43.3 Å². The summed E-state index contributed by atoms with van der Waals surface area (Å²) >= 11 is 0. The van der Waals surface area contributed by atoms with Crippen LogP contribution in [0.15, 0.2) is 63.8 Å². The first-order chi connectivity index (χ1) is 14.8. The smallest absolute Gasteiger partial charge is 0.275 e. The van der Waals surface area contributed by atoms with Crippen molar-refractivity contribution in [2.45, 2.75) is 20.0 Å². The van der Waals surface area contributed by atoms with Gasteiger partial charge in [0.25, 0.3) is 5.56 Å². The second-order valence-electron chi connectivity index (χ2n) is 7.25. The molecule has 158 valence electrons. The maximum absolute atomic E-state index is 13.8. The van der Waals surface area contributed by atoms with Gasteiger partial charge in [-0.1, -0.05) is 18.2 Å². The number of benzene rings is 2. The van der Waals surface area contributed by atoms with Crippen LogP contribution < -0.4 is 5.56 Å². The molecule has 0 aliphatic rings. The van der Waals surface area contributed by atoms with E-state index in [4.69, 9.17) is 4.42 Å². The molecule has 0 aliphatic heterocycles. The highest BCUT2D eigenvalue weighted by atomic mass is 19.2. The molecule has 8 heteroatoms. The first-order valence-corrected chi connectivity index (χ1v) is 9.58. The van der Waals surface area contributed by atoms with Gasteiger partial charge < -0.3 is 9.32 Å². The lowest BCUT2D eigenvalue weighted by molar-refractivity contribution is -0.131. The Morgan fingerprint density at radius 2 is 1.81 bits per heavy atom. The summed E-state index contributed by atoms with van der Waals surface area (Å²) in [6.45, 7) is 1.74. The number of nitrogens with zero attached hydrogens (tertiary/aromatic N) is 3. The fourth-order valence-corrected chi connectivity index (χ4v) is 3.34. The Hall–Kier alpha value is -3.81. The highest BCUT2D eigenvalue weighted by Crippen LogP contribution is 2.26. The second kappa shape index (κ2) is 8.14. The number of aryl methyl sites for hydroxylation is 1. The Morgan fingerprint density at radius 1 is 1.06 bits per heavy atom. The first kappa shape index (κ1) is 20.5. The molecular weight excluding hydrogens is 404 g/mol. The lowest BCUT2D eigenvalue weighted by atomic mass is 10.0. The molecule has 4 rings (SSSR count). The molecule has 1 amide bonds. The molecule has 0 unspecified atom stereocenters. The predicted octanol–water partition coefficient (Wildman–Crippen LogP) is 3.90. The number of rotatable bonds is 5. The average Bonchev–Trinajstić information content (AvgIpc) is 3.16. The molecule has 0 saturated carbocycles. The van der Waals surface area contributed by atoms with E-state index in [-0.39, 0.29) is 24.7 Å². The van der Waals surface area contributed by atoms with Crippen molar-refractivity contribution in [3.05, 3.63) is 88.1 Å². The third-order valence-corrected chi connectivity index (χ3v) is 4.96. The molecule has 2 heterocycles. The van der Waals surface area contributed by atoms with Crippen molar-refractivity contribution in [2.75, 3.05) is 7.05 Å². The van der Waals surface area contributed by atoms with E-state index in [2.05, 4.69) is 5.10 Å². The molecule has 0 radical (unpaired) electrons. The molecule has 0 saturated heterocycles. The van der Waals surface area contributed by atoms with E-state index in [1.807, 2.05) is 6.92 Å². The van der Waals surface area contributed by atoms with Crippen molar-refractivity contribution in [3.63, 3.8) is 0 Å². The Balaban J connectivity index is 1.72. The number of furan rings is 1. The van der Waals surface area contributed by atoms with Crippen molar-refractivity contribution in [1.29, 1.82) is 0 Å². The SMILES string of the molecule is Cc1ccc(CN(C)C(=O)Cn2nc(-c3ccc(F)c(F)c3)c3ccccc3c2=O)o1. The van der Waals surface area contributed by atoms with Crippen molar-refractivity contribution >= 4 is 16.7 Å². The van der Waals surface area contributed by atoms with Gasteiger partial charge in [-0.15, -0.1) is 0 Å². The Kier molecular flexibility index (Phi) is 5.37. The molecule has 0 bridgehead atoms. The fraction of sp³-hybridized carbons (Fsp3) is 0.174. The zero-order valence-corrected chi connectivity index (χ0v) is 16.9. The fourth-order valence-electron chi connectivity index (χ4n) is 3.34. The molecule has 0 spiro atoms. The Bertz CT molecular complexity index is 1340. The summed E-state index contributed by atoms with van der Waals surface area (Å²) in [5.41, 5.74) is 0.138. The van der Waals surface area contributed by atoms with Gasteiger partial charge in [0.1, 0.15) is 18.1 Å². The van der Waals surface area contributed by atoms with Crippen LogP contribution >= 0.6 is 0 Å². The third-order valence-electron chi connectivity index (χ3n) is 4.96. The van der Waals surface area contributed by atoms with Crippen LogP contribution in [0.1, 0.15) is 11.5 Å². The highest BCUT2D eigenvalue weighted by molar-refractivity contribution is 5.93. The average molecular weight is 423 g/mol. The lowest BCUT2D eigenvalue weighted by Crippen LogP contribution is -2.35. The molecule has 0 aliphatic carbocycles. The van der Waals surface area contributed by atoms with Gasteiger partial charge in [-0.25, -0.2) is 13.5 Å². The van der Waals surface area contributed by atoms with Gasteiger partial charge in [0, 0.05) is 18.0 Å². The number of carbonyl (C=O) groups excluding carboxylic acids is 1. The van der Waals surface area contributed by atoms with Crippen LogP contribution in [0.3, 0.4) is 0 Å². The van der Waals surface area contributed by atoms with Crippen molar-refractivity contribution in [2.24, 2.45) is 0 Å². The van der Waals surface area contributed by atoms with Crippen LogP contribution in [0.2, 0.25) is 0 Å². The molecule has 2 aromatic carbocycles. The number of fused-ring (bicyclic) bond motifs is 1. The molecule has 6 nitrogen and oxygen atoms in total. The lowest BCUT2D eigenvalue weighted by Gasteiger charge is -2.17. The van der Waals surface area contributed by atoms with Gasteiger partial charge in [0.15, 0.2) is 11.6 Å². The summed E-state index contributed by atoms with van der Waals surface area (Å²) in [4.78, 5) is 27.1. The van der Waals surface area contributed by atoms with E-state index >= 15 is 0 Å². The summed E-state index contributed by atoms with van der Waals surface area (Å²) in [6, 6.07) is 13.7. The van der Waals surface area contributed by atoms with Crippen LogP contribution in [0.4, 0.5) is 8.78 Å². The monoisotopic (exact) mass is 423 g/mol. The van der Waals surface area contributed by atoms with Crippen molar-refractivity contribution in [1.82, 2.24) is 14.7 Å². The largest absolute Gasteiger partial charge is 0.464 e. The summed E-state index contributed by atoms with van der Waals surface area (Å²) in [7, 11) is 1.60. The second-order valence-corrected chi connectivity index (χ2v) is 7.25. The molecular formula is C23H19F2N3O3. The van der Waals surface area contributed by atoms with E-state index < -0.39 is 17.2 Å². The standard InChI is InChI=1S/C23H19F2N3O3/c1-14-7-9-16(31-14)12-27(2)21(29)13-28-23(30)18-6-4-3-5-17(18)22(26-28)15-8-10-19(24)20(25)11-15/h3-11H,12-13H2,1-2H3. The maximum Gasteiger partial charge on any atom is 0.275 e. The number of hydrogen-bond acceptors (Lipinski definition) is 4. The molecule has 31 heavy (non-hydrogen) atoms. The van der Waals surface area contributed by atoms with Crippen LogP contribution in [-0.2, 0) is 17.9 Å². The molecule has 2 aromatic heterocycles. The summed E-state index contributed by atoms with van der Waals surface area (Å²) in [6.07, 6.45) is 0. The van der Waals surface area contributed by atoms with E-state index in [1.165, 1.54) is 11.0 Å². The van der Waals surface area contributed by atoms with E-state index in [1.54, 1.807) is 43.4 Å². The van der Waals surface area contributed by atoms with Gasteiger partial charge in [-0.3, -0.25) is 9.59 Å². The van der Waals surface area contributed by atoms with Crippen molar-refractivity contribution < 1.29 is 18.0 Å². The molecule has 0 atom stereocenters. The normalized spacial score (nSPS) is 11.1. The summed E-state index contributed by atoms with van der Waals surface area (Å²) < 4.78 is 33.8. The minimum atomic E-state index is -1.02. The van der Waals surface area contributed by atoms with Crippen LogP contribution in [-0.4, -0.2) is 27.6 Å². The minimum absolute atomic E-state index is 0.241. The molecule has 0 fully saturated rings. The Labute approximate surface area is 176 Å². The summed E-state index contributed by atoms with van der Waals surface area (Å²) in [5.74, 6) is -0.999. The summed E-state index contributed by atoms with van der Waals surface area (Å²) in [5, 5.41) is 5.13. The number of hydrogen-bond donors (Lipinski definition) is 0. The van der Waals surface area contributed by atoms with Crippen LogP contribution in [0.5, 0.6) is 0 Å². The number of amides is 1. The minimum Gasteiger partial charge on any atom is -0.464 e. The molecule has 0 N–H and O–H groups in total. The van der Waals surface area contributed by atoms with Gasteiger partial charge in [0.05, 0.1) is 17.6 Å². The zero-order chi connectivity index (χ0) is 22.1. The number of likely N-dealkylation sites (N-methyl/N-ethyl adjacent to an activating group) is 1. The van der Waals surface area contributed by atoms with Gasteiger partial charge in [-0.2, -0.15) is 5.10 Å². The number of carbonyl (C=O) groups is 1. The van der Waals surface area contributed by atoms with E-state index in [0.717, 1.165) is 22.6 Å². The zero-order valence-electron chi connectivity index (χ0n) is 16.9. The Morgan fingerprint density at radius 3 is 2.48 bits per heavy atom. The van der Waals surface area contributed by atoms with E-state index in [9.17, 15) is 18.4 Å². The number of halogens is 2. The third kappa shape index (κ3) is 4.09. The van der Waals surface area contributed by atoms with Crippen LogP contribution in [0.25, 0.3) is 22.0 Å². The maximum atomic E-state index is 13.8. The van der Waals surface area contributed by atoms with Crippen LogP contribution in [0, 0.1) is 18.6 Å². The first-order valence-electron chi connectivity index (χ1n) is 9.58. The quantitative estimate of drug-likeness (QED) is 0.488. The van der Waals surface area contributed by atoms with Gasteiger partial charge >= 0.3 is 0 Å².